The lowest BCUT2D eigenvalue weighted by molar-refractivity contribution is -0.138. The molecule has 0 saturated carbocycles. The van der Waals surface area contributed by atoms with Crippen LogP contribution >= 0.6 is 0 Å². The fourth-order valence-electron chi connectivity index (χ4n) is 15.7. The molecular formula is C86H99F12N21O6. The highest BCUT2D eigenvalue weighted by Gasteiger charge is 2.44. The summed E-state index contributed by atoms with van der Waals surface area (Å²) in [4.78, 5) is 98.1. The number of halogens is 12. The molecule has 125 heavy (non-hydrogen) atoms. The molecule has 11 heterocycles. The predicted octanol–water partition coefficient (Wildman–Crippen LogP) is 12.8. The second-order valence-corrected chi connectivity index (χ2v) is 32.3. The van der Waals surface area contributed by atoms with E-state index in [-0.39, 0.29) is 111 Å². The second kappa shape index (κ2) is 37.9. The van der Waals surface area contributed by atoms with Crippen LogP contribution in [0.5, 0.6) is 0 Å². The zero-order valence-electron chi connectivity index (χ0n) is 71.1. The van der Waals surface area contributed by atoms with Gasteiger partial charge in [0.1, 0.15) is 17.5 Å². The summed E-state index contributed by atoms with van der Waals surface area (Å²) < 4.78 is 183. The molecule has 0 radical (unpaired) electrons. The predicted molar refractivity (Wildman–Crippen MR) is 455 cm³/mol. The van der Waals surface area contributed by atoms with Gasteiger partial charge in [0.2, 0.25) is 23.4 Å². The molecule has 7 aliphatic rings. The molecule has 668 valence electrons. The molecule has 4 aromatic heterocycles. The summed E-state index contributed by atoms with van der Waals surface area (Å²) in [7, 11) is 9.47. The van der Waals surface area contributed by atoms with Crippen LogP contribution in [0.3, 0.4) is 0 Å². The van der Waals surface area contributed by atoms with E-state index in [1.165, 1.54) is 67.1 Å². The number of rotatable bonds is 15. The molecule has 39 heteroatoms. The van der Waals surface area contributed by atoms with Crippen molar-refractivity contribution in [1.82, 2.24) is 60.2 Å². The number of carbonyl (C=O) groups excluding carboxylic acids is 3. The number of aromatic amines is 1. The molecule has 3 aromatic carbocycles. The van der Waals surface area contributed by atoms with Crippen LogP contribution in [-0.4, -0.2) is 242 Å². The fraction of sp³-hybridized carbons (Fsp3) is 0.419. The van der Waals surface area contributed by atoms with E-state index >= 15 is 13.2 Å². The standard InChI is InChI=1S/C31H37F4N7O2.C28H31F4N7O3.C27H31F4N7O/c1-17-9-24(31(33,34)35)23(12-37-17)29(43)38-27-10-22(25(32)11-28(27)41-13-18(2)40(6)19(3)14-41)26-7-8-36-30(39-26)42-15-20(4)44-21(5)16-42;1-16-14-39(15-17(2)37(16)3)24-12-21(29)18(22-4-5-33-27(36-22)38-6-8-42-9-7-38)10-23(24)35-26(41)19-13-34-25(40)11-20(19)28(30,31)32;1-15-9-20(27(29,30)31)19(12-33-15)25(39)34-23-10-18(22-7-8-32-26(35-22)36(4)5)21(28)11-24(23)38-13-16(2)37(6)17(3)14-38/h7-12,18-21,37H,1,13-16H2,2-6H3,(H,38,43);4-5,10-13,16-17H,6-9,14-15H2,1-3H3,(H,34,40)(H,35,41);7-12,16-17,33H,1,13-14H2,2-6H3,(H,34,39)/t18-,19+,20-,21+;2*16-,17+. The van der Waals surface area contributed by atoms with Gasteiger partial charge in [-0.2, -0.15) is 39.5 Å². The Balaban J connectivity index is 0.000000171. The van der Waals surface area contributed by atoms with Crippen molar-refractivity contribution in [2.45, 2.75) is 122 Å². The van der Waals surface area contributed by atoms with Gasteiger partial charge in [-0.3, -0.25) is 33.9 Å². The van der Waals surface area contributed by atoms with Gasteiger partial charge < -0.3 is 70.4 Å². The maximum atomic E-state index is 16.0. The SMILES string of the molecule is C=C1C=C(C(F)(F)F)C(C(=O)Nc2cc(-c3ccnc(N(C)C)n3)c(F)cc2N2C[C@@H](C)N(C)[C@@H](C)C2)=CN1.C=C1C=C(C(F)(F)F)C(C(=O)Nc2cc(-c3ccnc(N4C[C@@H](C)O[C@@H](C)C4)n3)c(F)cc2N2C[C@@H](C)N(C)[C@@H](C)C2)=CN1.C[C@@H]1CN(c2cc(F)c(-c3ccnc(N4CCOCC4)n3)cc2NC(=O)c2c[nH]c(=O)cc2C(F)(F)F)C[C@H](C)N1C. The van der Waals surface area contributed by atoms with Crippen LogP contribution < -0.4 is 61.5 Å². The number of H-pyrrole nitrogens is 1. The van der Waals surface area contributed by atoms with E-state index < -0.39 is 92.7 Å². The normalized spacial score (nSPS) is 21.8. The van der Waals surface area contributed by atoms with E-state index in [1.807, 2.05) is 101 Å². The lowest BCUT2D eigenvalue weighted by atomic mass is 10.0. The van der Waals surface area contributed by atoms with Crippen LogP contribution in [0.15, 0.2) is 162 Å². The van der Waals surface area contributed by atoms with Gasteiger partial charge in [0, 0.05) is 187 Å². The largest absolute Gasteiger partial charge is 0.417 e. The zero-order chi connectivity index (χ0) is 90.7. The number of amides is 3. The van der Waals surface area contributed by atoms with Crippen LogP contribution in [0.1, 0.15) is 71.3 Å². The number of benzene rings is 3. The summed E-state index contributed by atoms with van der Waals surface area (Å²) in [6.07, 6.45) is -5.87. The molecule has 5 fully saturated rings. The number of nitrogens with one attached hydrogen (secondary N) is 6. The van der Waals surface area contributed by atoms with E-state index in [4.69, 9.17) is 9.47 Å². The number of morpholine rings is 2. The summed E-state index contributed by atoms with van der Waals surface area (Å²) in [5.41, 5.74) is -4.16. The number of alkyl halides is 9. The molecule has 8 atom stereocenters. The average Bonchev–Trinajstić information content (AvgIpc) is 0.779. The van der Waals surface area contributed by atoms with Gasteiger partial charge in [0.25, 0.3) is 17.7 Å². The van der Waals surface area contributed by atoms with Crippen LogP contribution in [0.25, 0.3) is 33.8 Å². The number of aromatic nitrogens is 7. The van der Waals surface area contributed by atoms with E-state index in [1.54, 1.807) is 25.1 Å². The Bertz CT molecular complexity index is 5380. The molecule has 6 N–H and O–H groups in total. The molecular weight excluding hydrogens is 1650 g/mol. The van der Waals surface area contributed by atoms with Gasteiger partial charge in [-0.05, 0) is 143 Å². The maximum absolute atomic E-state index is 16.0. The number of anilines is 9. The zero-order valence-corrected chi connectivity index (χ0v) is 71.1. The number of ether oxygens (including phenoxy) is 2. The number of likely N-dealkylation sites (N-methyl/N-ethyl adjacent to an activating group) is 3. The molecule has 0 unspecified atom stereocenters. The minimum atomic E-state index is -4.95. The number of allylic oxidation sites excluding steroid dienone is 2. The third kappa shape index (κ3) is 21.5. The van der Waals surface area contributed by atoms with Gasteiger partial charge in [-0.1, -0.05) is 13.2 Å². The summed E-state index contributed by atoms with van der Waals surface area (Å²) >= 11 is 0. The molecule has 7 aromatic rings. The topological polar surface area (TPSA) is 269 Å². The molecule has 0 spiro atoms. The molecule has 7 aliphatic heterocycles. The van der Waals surface area contributed by atoms with Crippen molar-refractivity contribution in [1.29, 1.82) is 0 Å². The maximum Gasteiger partial charge on any atom is 0.417 e. The highest BCUT2D eigenvalue weighted by Crippen LogP contribution is 2.44. The first kappa shape index (κ1) is 92.2. The van der Waals surface area contributed by atoms with Crippen LogP contribution in [0.2, 0.25) is 0 Å². The fourth-order valence-corrected chi connectivity index (χ4v) is 15.7. The Hall–Kier alpha value is -11.9. The molecule has 0 aliphatic carbocycles. The Morgan fingerprint density at radius 1 is 0.480 bits per heavy atom. The Morgan fingerprint density at radius 3 is 1.21 bits per heavy atom. The van der Waals surface area contributed by atoms with Crippen molar-refractivity contribution in [3.05, 3.63) is 196 Å². The van der Waals surface area contributed by atoms with Crippen molar-refractivity contribution in [2.75, 3.05) is 159 Å². The lowest BCUT2D eigenvalue weighted by Crippen LogP contribution is -2.55. The molecule has 27 nitrogen and oxygen atoms in total. The van der Waals surface area contributed by atoms with Crippen molar-refractivity contribution >= 4 is 69.7 Å². The number of pyridine rings is 1. The summed E-state index contributed by atoms with van der Waals surface area (Å²) in [6, 6.07) is 13.6. The molecule has 5 saturated heterocycles. The first-order valence-electron chi connectivity index (χ1n) is 40.3. The van der Waals surface area contributed by atoms with Gasteiger partial charge in [0.05, 0.1) is 110 Å². The van der Waals surface area contributed by atoms with Crippen LogP contribution in [-0.2, 0) is 25.2 Å². The summed E-state index contributed by atoms with van der Waals surface area (Å²) in [6.45, 7) is 29.4. The number of piperazine rings is 3. The first-order valence-corrected chi connectivity index (χ1v) is 40.3. The number of dihydropyridines is 2. The number of nitrogens with zero attached hydrogens (tertiary/aromatic N) is 15. The highest BCUT2D eigenvalue weighted by molar-refractivity contribution is 6.11. The molecule has 3 amide bonds. The summed E-state index contributed by atoms with van der Waals surface area (Å²) in [5.74, 6) is -3.76. The third-order valence-electron chi connectivity index (χ3n) is 22.9. The van der Waals surface area contributed by atoms with E-state index in [0.717, 1.165) is 30.7 Å². The second-order valence-electron chi connectivity index (χ2n) is 32.3. The third-order valence-corrected chi connectivity index (χ3v) is 22.9. The van der Waals surface area contributed by atoms with Crippen molar-refractivity contribution in [3.8, 4) is 33.8 Å². The smallest absolute Gasteiger partial charge is 0.378 e. The lowest BCUT2D eigenvalue weighted by Gasteiger charge is -2.44. The monoisotopic (exact) mass is 1750 g/mol. The van der Waals surface area contributed by atoms with E-state index in [0.29, 0.717) is 120 Å². The highest BCUT2D eigenvalue weighted by atomic mass is 19.4. The van der Waals surface area contributed by atoms with Crippen molar-refractivity contribution in [3.63, 3.8) is 0 Å². The Morgan fingerprint density at radius 2 is 0.840 bits per heavy atom. The Labute approximate surface area is 714 Å². The molecule has 0 bridgehead atoms. The molecule has 14 rings (SSSR count). The average molecular weight is 1750 g/mol. The Kier molecular flexibility index (Phi) is 27.9. The van der Waals surface area contributed by atoms with E-state index in [9.17, 15) is 58.7 Å². The van der Waals surface area contributed by atoms with Gasteiger partial charge in [-0.25, -0.2) is 43.1 Å². The minimum absolute atomic E-state index is 0.00247. The van der Waals surface area contributed by atoms with E-state index in [2.05, 4.69) is 89.3 Å². The van der Waals surface area contributed by atoms with Gasteiger partial charge in [0.15, 0.2) is 0 Å². The quantitative estimate of drug-likeness (QED) is 0.0521. The van der Waals surface area contributed by atoms with Crippen LogP contribution in [0.4, 0.5) is 105 Å². The summed E-state index contributed by atoms with van der Waals surface area (Å²) in [5, 5.41) is 13.0. The number of hydrogen-bond acceptors (Lipinski definition) is 23. The van der Waals surface area contributed by atoms with Gasteiger partial charge in [-0.15, -0.1) is 0 Å². The number of hydrogen-bond donors (Lipinski definition) is 6. The van der Waals surface area contributed by atoms with Crippen LogP contribution in [0, 0.1) is 17.5 Å². The van der Waals surface area contributed by atoms with Crippen molar-refractivity contribution < 1.29 is 76.5 Å². The van der Waals surface area contributed by atoms with Crippen molar-refractivity contribution in [2.24, 2.45) is 0 Å². The van der Waals surface area contributed by atoms with Gasteiger partial charge >= 0.3 is 18.5 Å². The number of carbonyl (C=O) groups is 3. The first-order chi connectivity index (χ1) is 58.9. The minimum Gasteiger partial charge on any atom is -0.378 e.